The van der Waals surface area contributed by atoms with Gasteiger partial charge in [0, 0.05) is 6.42 Å². The van der Waals surface area contributed by atoms with E-state index in [2.05, 4.69) is 15.0 Å². The third-order valence-corrected chi connectivity index (χ3v) is 6.17. The van der Waals surface area contributed by atoms with Gasteiger partial charge in [0.25, 0.3) is 0 Å². The number of ether oxygens (including phenoxy) is 1. The maximum absolute atomic E-state index is 12.3. The predicted molar refractivity (Wildman–Crippen MR) is 108 cm³/mol. The molecule has 0 radical (unpaired) electrons. The molecule has 176 valence electrons. The van der Waals surface area contributed by atoms with Gasteiger partial charge in [-0.05, 0) is 6.42 Å². The lowest BCUT2D eigenvalue weighted by Crippen LogP contribution is -2.35. The predicted octanol–water partition coefficient (Wildman–Crippen LogP) is -2.61. The number of nitrogens with zero attached hydrogens (tertiary/aromatic N) is 4. The summed E-state index contributed by atoms with van der Waals surface area (Å²) in [7, 11) is -4.45. The Balaban J connectivity index is 1.61. The number of nitrogens with two attached hydrogens (primary N) is 3. The summed E-state index contributed by atoms with van der Waals surface area (Å²) in [5.74, 6) is -1.33. The smallest absolute Gasteiger partial charge is 0.335 e. The van der Waals surface area contributed by atoms with Gasteiger partial charge in [-0.3, -0.25) is 18.7 Å². The molecular weight excluding hydrogens is 449 g/mol. The van der Waals surface area contributed by atoms with Gasteiger partial charge in [0.1, 0.15) is 36.3 Å². The Morgan fingerprint density at radius 1 is 1.28 bits per heavy atom. The van der Waals surface area contributed by atoms with Crippen LogP contribution in [0.25, 0.3) is 11.2 Å². The van der Waals surface area contributed by atoms with Gasteiger partial charge in [-0.15, -0.1) is 0 Å². The van der Waals surface area contributed by atoms with Crippen LogP contribution in [0.5, 0.6) is 0 Å². The largest absolute Gasteiger partial charge is 0.387 e. The van der Waals surface area contributed by atoms with E-state index >= 15 is 0 Å². The number of rotatable bonds is 10. The Kier molecular flexibility index (Phi) is 7.19. The molecule has 1 unspecified atom stereocenters. The van der Waals surface area contributed by atoms with E-state index in [1.54, 1.807) is 0 Å². The number of hydrogen-bond acceptors (Lipinski definition) is 12. The lowest BCUT2D eigenvalue weighted by Gasteiger charge is -2.18. The van der Waals surface area contributed by atoms with E-state index in [1.807, 2.05) is 0 Å². The number of Topliss-reactive ketones (excluding diaryl/α,β-unsaturated/α-hetero) is 1. The summed E-state index contributed by atoms with van der Waals surface area (Å²) in [6, 6.07) is -1.16. The Morgan fingerprint density at radius 2 is 2.00 bits per heavy atom. The highest BCUT2D eigenvalue weighted by molar-refractivity contribution is 7.53. The molecule has 1 aliphatic rings. The van der Waals surface area contributed by atoms with E-state index in [1.165, 1.54) is 17.2 Å². The summed E-state index contributed by atoms with van der Waals surface area (Å²) in [6.07, 6.45) is -3.90. The van der Waals surface area contributed by atoms with Crippen LogP contribution in [-0.4, -0.2) is 83.4 Å². The molecule has 2 aromatic rings. The van der Waals surface area contributed by atoms with Gasteiger partial charge in [0.2, 0.25) is 5.91 Å². The van der Waals surface area contributed by atoms with Gasteiger partial charge < -0.3 is 41.6 Å². The van der Waals surface area contributed by atoms with Crippen molar-refractivity contribution in [2.75, 3.05) is 18.5 Å². The standard InChI is InChI=1S/C16H24N7O8P/c17-7(1-2-10(18)25)8(24)4-32(28,29)30-3-9-12(26)13(27)16(31-9)23-6-22-11-14(19)20-5-21-15(11)23/h5-7,9,12-13,16,26-27H,1-4,17H2,(H2,18,25)(H,28,29)(H2,19,20,21)/t7-,9+,12+,13+,16+/m0/s1. The first-order valence-electron chi connectivity index (χ1n) is 9.47. The van der Waals surface area contributed by atoms with Gasteiger partial charge in [-0.2, -0.15) is 0 Å². The van der Waals surface area contributed by atoms with E-state index in [-0.39, 0.29) is 29.8 Å². The van der Waals surface area contributed by atoms with Gasteiger partial charge >= 0.3 is 7.60 Å². The number of carbonyl (C=O) groups is 2. The first kappa shape index (κ1) is 24.1. The number of ketones is 1. The van der Waals surface area contributed by atoms with Crippen LogP contribution in [0.3, 0.4) is 0 Å². The first-order chi connectivity index (χ1) is 15.0. The molecule has 2 aromatic heterocycles. The SMILES string of the molecule is NC(=O)CC[C@H](N)C(=O)CP(=O)(O)OC[C@H]1O[C@@H](n2cnc3c(N)ncnc32)[C@H](O)[C@@H]1O. The fourth-order valence-electron chi connectivity index (χ4n) is 3.16. The Bertz CT molecular complexity index is 1050. The van der Waals surface area contributed by atoms with Gasteiger partial charge in [-0.25, -0.2) is 15.0 Å². The molecule has 0 saturated carbocycles. The minimum atomic E-state index is -4.45. The molecule has 6 atom stereocenters. The fraction of sp³-hybridized carbons (Fsp3) is 0.562. The molecule has 3 heterocycles. The number of carbonyl (C=O) groups excluding carboxylic acids is 2. The molecule has 16 heteroatoms. The maximum Gasteiger partial charge on any atom is 0.335 e. The number of nitrogen functional groups attached to an aromatic ring is 1. The summed E-state index contributed by atoms with van der Waals surface area (Å²) >= 11 is 0. The van der Waals surface area contributed by atoms with Crippen molar-refractivity contribution >= 4 is 36.3 Å². The number of imidazole rings is 1. The summed E-state index contributed by atoms with van der Waals surface area (Å²) in [4.78, 5) is 44.6. The third-order valence-electron chi connectivity index (χ3n) is 4.91. The molecule has 9 N–H and O–H groups in total. The number of fused-ring (bicyclic) bond motifs is 1. The lowest BCUT2D eigenvalue weighted by atomic mass is 10.1. The summed E-state index contributed by atoms with van der Waals surface area (Å²) in [6.45, 7) is -0.601. The minimum absolute atomic E-state index is 0.0700. The third kappa shape index (κ3) is 5.27. The summed E-state index contributed by atoms with van der Waals surface area (Å²) in [5.41, 5.74) is 16.8. The van der Waals surface area contributed by atoms with Crippen molar-refractivity contribution in [1.82, 2.24) is 19.5 Å². The number of primary amides is 1. The second kappa shape index (κ2) is 9.54. The Labute approximate surface area is 181 Å². The molecule has 0 aromatic carbocycles. The molecule has 3 rings (SSSR count). The molecule has 0 bridgehead atoms. The maximum atomic E-state index is 12.3. The van der Waals surface area contributed by atoms with Crippen LogP contribution in [-0.2, 0) is 23.4 Å². The molecule has 0 aliphatic carbocycles. The molecule has 0 spiro atoms. The van der Waals surface area contributed by atoms with E-state index in [0.717, 1.165) is 0 Å². The van der Waals surface area contributed by atoms with Crippen LogP contribution in [0.2, 0.25) is 0 Å². The van der Waals surface area contributed by atoms with Crippen LogP contribution in [0, 0.1) is 0 Å². The Hall–Kier alpha value is -2.52. The van der Waals surface area contributed by atoms with E-state index in [4.69, 9.17) is 26.5 Å². The molecular formula is C16H24N7O8P. The van der Waals surface area contributed by atoms with E-state index in [9.17, 15) is 29.3 Å². The summed E-state index contributed by atoms with van der Waals surface area (Å²) < 4.78 is 24.1. The van der Waals surface area contributed by atoms with Gasteiger partial charge in [0.05, 0.1) is 19.0 Å². The molecule has 1 saturated heterocycles. The van der Waals surface area contributed by atoms with Crippen LogP contribution in [0.15, 0.2) is 12.7 Å². The zero-order chi connectivity index (χ0) is 23.6. The van der Waals surface area contributed by atoms with Gasteiger partial charge in [0.15, 0.2) is 23.5 Å². The van der Waals surface area contributed by atoms with Crippen molar-refractivity contribution in [2.45, 2.75) is 43.4 Å². The van der Waals surface area contributed by atoms with Crippen LogP contribution < -0.4 is 17.2 Å². The lowest BCUT2D eigenvalue weighted by molar-refractivity contribution is -0.119. The minimum Gasteiger partial charge on any atom is -0.387 e. The zero-order valence-electron chi connectivity index (χ0n) is 16.7. The normalized spacial score (nSPS) is 26.1. The average molecular weight is 473 g/mol. The second-order valence-corrected chi connectivity index (χ2v) is 9.15. The van der Waals surface area contributed by atoms with Crippen LogP contribution >= 0.6 is 7.60 Å². The number of aromatic nitrogens is 4. The first-order valence-corrected chi connectivity index (χ1v) is 11.2. The fourth-order valence-corrected chi connectivity index (χ4v) is 4.26. The molecule has 1 aliphatic heterocycles. The van der Waals surface area contributed by atoms with Crippen molar-refractivity contribution in [3.8, 4) is 0 Å². The average Bonchev–Trinajstić information content (AvgIpc) is 3.27. The highest BCUT2D eigenvalue weighted by Gasteiger charge is 2.45. The number of amides is 1. The highest BCUT2D eigenvalue weighted by atomic mass is 31.2. The van der Waals surface area contributed by atoms with Gasteiger partial charge in [-0.1, -0.05) is 0 Å². The topological polar surface area (TPSA) is 252 Å². The quantitative estimate of drug-likeness (QED) is 0.194. The van der Waals surface area contributed by atoms with Crippen molar-refractivity contribution in [1.29, 1.82) is 0 Å². The molecule has 15 nitrogen and oxygen atoms in total. The number of hydrogen-bond donors (Lipinski definition) is 6. The summed E-state index contributed by atoms with van der Waals surface area (Å²) in [5, 5.41) is 20.7. The van der Waals surface area contributed by atoms with Crippen LogP contribution in [0.4, 0.5) is 5.82 Å². The zero-order valence-corrected chi connectivity index (χ0v) is 17.6. The molecule has 1 fully saturated rings. The molecule has 32 heavy (non-hydrogen) atoms. The highest BCUT2D eigenvalue weighted by Crippen LogP contribution is 2.43. The van der Waals surface area contributed by atoms with Crippen LogP contribution in [0.1, 0.15) is 19.1 Å². The monoisotopic (exact) mass is 473 g/mol. The van der Waals surface area contributed by atoms with Crippen molar-refractivity contribution < 1.29 is 38.5 Å². The van der Waals surface area contributed by atoms with E-state index in [0.29, 0.717) is 0 Å². The van der Waals surface area contributed by atoms with Crippen molar-refractivity contribution in [3.05, 3.63) is 12.7 Å². The second-order valence-electron chi connectivity index (χ2n) is 7.30. The number of anilines is 1. The van der Waals surface area contributed by atoms with Crippen molar-refractivity contribution in [2.24, 2.45) is 11.5 Å². The Morgan fingerprint density at radius 3 is 2.69 bits per heavy atom. The number of aliphatic hydroxyl groups excluding tert-OH is 2. The van der Waals surface area contributed by atoms with E-state index < -0.39 is 62.6 Å². The molecule has 1 amide bonds. The van der Waals surface area contributed by atoms with Crippen molar-refractivity contribution in [3.63, 3.8) is 0 Å². The number of aliphatic hydroxyl groups is 2.